The van der Waals surface area contributed by atoms with E-state index >= 15 is 0 Å². The van der Waals surface area contributed by atoms with E-state index in [2.05, 4.69) is 20.6 Å². The van der Waals surface area contributed by atoms with Crippen molar-refractivity contribution in [2.45, 2.75) is 11.4 Å². The maximum absolute atomic E-state index is 12.1. The van der Waals surface area contributed by atoms with Crippen LogP contribution in [0.15, 0.2) is 41.0 Å². The van der Waals surface area contributed by atoms with E-state index in [4.69, 9.17) is 9.47 Å². The van der Waals surface area contributed by atoms with Gasteiger partial charge in [0.15, 0.2) is 11.5 Å². The second kappa shape index (κ2) is 8.44. The van der Waals surface area contributed by atoms with E-state index in [1.165, 1.54) is 29.4 Å². The zero-order valence-corrected chi connectivity index (χ0v) is 16.3. The summed E-state index contributed by atoms with van der Waals surface area (Å²) in [5.74, 6) is 0.861. The highest BCUT2D eigenvalue weighted by atomic mass is 32.2. The Morgan fingerprint density at radius 2 is 2.00 bits per heavy atom. The lowest BCUT2D eigenvalue weighted by atomic mass is 10.3. The summed E-state index contributed by atoms with van der Waals surface area (Å²) in [5, 5.41) is 7.58. The monoisotopic (exact) mass is 416 g/mol. The molecule has 0 bridgehead atoms. The van der Waals surface area contributed by atoms with Gasteiger partial charge < -0.3 is 14.8 Å². The van der Waals surface area contributed by atoms with Gasteiger partial charge in [-0.05, 0) is 23.6 Å². The molecule has 0 radical (unpaired) electrons. The van der Waals surface area contributed by atoms with E-state index in [9.17, 15) is 9.59 Å². The molecule has 2 N–H and O–H groups in total. The van der Waals surface area contributed by atoms with E-state index in [1.807, 2.05) is 11.4 Å². The molecule has 0 aliphatic carbocycles. The third-order valence-electron chi connectivity index (χ3n) is 3.81. The van der Waals surface area contributed by atoms with Crippen LogP contribution in [0.1, 0.15) is 6.42 Å². The Kier molecular flexibility index (Phi) is 5.58. The molecule has 0 fully saturated rings. The smallest absolute Gasteiger partial charge is 0.325 e. The number of benzene rings is 1. The number of rotatable bonds is 4. The van der Waals surface area contributed by atoms with Crippen LogP contribution in [-0.4, -0.2) is 40.9 Å². The highest BCUT2D eigenvalue weighted by molar-refractivity contribution is 8.00. The predicted octanol–water partition coefficient (Wildman–Crippen LogP) is 3.29. The molecule has 8 nitrogen and oxygen atoms in total. The van der Waals surface area contributed by atoms with Crippen molar-refractivity contribution in [3.8, 4) is 11.5 Å². The SMILES string of the molecule is O=C(CSc1ncnc2ccsc12)NC(=O)Nc1ccc2c(c1)OCCCO2. The molecule has 1 aliphatic heterocycles. The Bertz CT molecular complexity index is 1020. The summed E-state index contributed by atoms with van der Waals surface area (Å²) in [6, 6.07) is 6.39. The molecular formula is C18H16N4O4S2. The molecule has 0 atom stereocenters. The van der Waals surface area contributed by atoms with Crippen molar-refractivity contribution >= 4 is 50.9 Å². The summed E-state index contributed by atoms with van der Waals surface area (Å²) in [4.78, 5) is 32.6. The standard InChI is InChI=1S/C18H16N4O4S2/c23-15(9-28-17-16-12(4-7-27-16)19-10-20-17)22-18(24)21-11-2-3-13-14(8-11)26-6-1-5-25-13/h2-4,7-8,10H,1,5-6,9H2,(H2,21,22,23,24). The van der Waals surface area contributed by atoms with Gasteiger partial charge in [0, 0.05) is 18.2 Å². The normalized spacial score (nSPS) is 13.0. The van der Waals surface area contributed by atoms with Crippen LogP contribution >= 0.6 is 23.1 Å². The molecule has 3 aromatic rings. The molecule has 3 amide bonds. The summed E-state index contributed by atoms with van der Waals surface area (Å²) in [7, 11) is 0. The molecular weight excluding hydrogens is 400 g/mol. The number of urea groups is 1. The number of thioether (sulfide) groups is 1. The number of hydrogen-bond acceptors (Lipinski definition) is 8. The predicted molar refractivity (Wildman–Crippen MR) is 107 cm³/mol. The number of carbonyl (C=O) groups is 2. The lowest BCUT2D eigenvalue weighted by Gasteiger charge is -2.10. The van der Waals surface area contributed by atoms with E-state index in [1.54, 1.807) is 18.2 Å². The molecule has 0 saturated heterocycles. The van der Waals surface area contributed by atoms with Gasteiger partial charge in [-0.15, -0.1) is 11.3 Å². The van der Waals surface area contributed by atoms with Gasteiger partial charge in [-0.25, -0.2) is 14.8 Å². The third kappa shape index (κ3) is 4.34. The van der Waals surface area contributed by atoms with Gasteiger partial charge in [-0.3, -0.25) is 10.1 Å². The number of imide groups is 1. The van der Waals surface area contributed by atoms with Crippen molar-refractivity contribution in [1.82, 2.24) is 15.3 Å². The number of aromatic nitrogens is 2. The van der Waals surface area contributed by atoms with Crippen molar-refractivity contribution in [3.05, 3.63) is 36.0 Å². The van der Waals surface area contributed by atoms with E-state index in [0.717, 1.165) is 21.7 Å². The molecule has 28 heavy (non-hydrogen) atoms. The van der Waals surface area contributed by atoms with Gasteiger partial charge in [0.05, 0.1) is 29.2 Å². The summed E-state index contributed by atoms with van der Waals surface area (Å²) < 4.78 is 12.1. The average molecular weight is 416 g/mol. The van der Waals surface area contributed by atoms with Crippen LogP contribution in [0, 0.1) is 0 Å². The molecule has 3 heterocycles. The molecule has 0 spiro atoms. The summed E-state index contributed by atoms with van der Waals surface area (Å²) in [6.07, 6.45) is 2.26. The van der Waals surface area contributed by atoms with Gasteiger partial charge in [0.25, 0.3) is 0 Å². The topological polar surface area (TPSA) is 102 Å². The zero-order chi connectivity index (χ0) is 19.3. The van der Waals surface area contributed by atoms with Gasteiger partial charge >= 0.3 is 6.03 Å². The quantitative estimate of drug-likeness (QED) is 0.497. The third-order valence-corrected chi connectivity index (χ3v) is 5.84. The molecule has 0 unspecified atom stereocenters. The van der Waals surface area contributed by atoms with Crippen LogP contribution in [0.25, 0.3) is 10.2 Å². The van der Waals surface area contributed by atoms with Crippen molar-refractivity contribution in [1.29, 1.82) is 0 Å². The number of amides is 3. The van der Waals surface area contributed by atoms with Crippen molar-refractivity contribution in [2.75, 3.05) is 24.3 Å². The second-order valence-corrected chi connectivity index (χ2v) is 7.70. The van der Waals surface area contributed by atoms with Gasteiger partial charge in [0.1, 0.15) is 11.4 Å². The van der Waals surface area contributed by atoms with Gasteiger partial charge in [-0.1, -0.05) is 11.8 Å². The van der Waals surface area contributed by atoms with Crippen LogP contribution in [0.5, 0.6) is 11.5 Å². The van der Waals surface area contributed by atoms with Crippen LogP contribution in [0.4, 0.5) is 10.5 Å². The molecule has 144 valence electrons. The van der Waals surface area contributed by atoms with Crippen molar-refractivity contribution in [2.24, 2.45) is 0 Å². The molecule has 2 aromatic heterocycles. The molecule has 0 saturated carbocycles. The number of ether oxygens (including phenoxy) is 2. The van der Waals surface area contributed by atoms with Crippen LogP contribution < -0.4 is 20.1 Å². The molecule has 4 rings (SSSR count). The lowest BCUT2D eigenvalue weighted by Crippen LogP contribution is -2.35. The Morgan fingerprint density at radius 3 is 2.89 bits per heavy atom. The summed E-state index contributed by atoms with van der Waals surface area (Å²) in [5.41, 5.74) is 1.35. The van der Waals surface area contributed by atoms with Gasteiger partial charge in [-0.2, -0.15) is 0 Å². The first kappa shape index (κ1) is 18.5. The van der Waals surface area contributed by atoms with E-state index in [-0.39, 0.29) is 5.75 Å². The number of nitrogens with one attached hydrogen (secondary N) is 2. The molecule has 1 aliphatic rings. The molecule has 10 heteroatoms. The number of thiophene rings is 1. The fourth-order valence-corrected chi connectivity index (χ4v) is 4.32. The van der Waals surface area contributed by atoms with Crippen molar-refractivity contribution < 1.29 is 19.1 Å². The second-order valence-electron chi connectivity index (χ2n) is 5.82. The minimum atomic E-state index is -0.607. The zero-order valence-electron chi connectivity index (χ0n) is 14.6. The van der Waals surface area contributed by atoms with Crippen LogP contribution in [0.2, 0.25) is 0 Å². The largest absolute Gasteiger partial charge is 0.490 e. The Balaban J connectivity index is 1.32. The minimum absolute atomic E-state index is 0.0680. The first-order valence-electron chi connectivity index (χ1n) is 8.50. The Hall–Kier alpha value is -2.85. The minimum Gasteiger partial charge on any atom is -0.490 e. The highest BCUT2D eigenvalue weighted by Gasteiger charge is 2.14. The van der Waals surface area contributed by atoms with Crippen LogP contribution in [-0.2, 0) is 4.79 Å². The van der Waals surface area contributed by atoms with Crippen molar-refractivity contribution in [3.63, 3.8) is 0 Å². The maximum atomic E-state index is 12.1. The summed E-state index contributed by atoms with van der Waals surface area (Å²) in [6.45, 7) is 1.15. The number of hydrogen-bond donors (Lipinski definition) is 2. The van der Waals surface area contributed by atoms with Crippen LogP contribution in [0.3, 0.4) is 0 Å². The fourth-order valence-electron chi connectivity index (χ4n) is 2.57. The Morgan fingerprint density at radius 1 is 1.14 bits per heavy atom. The average Bonchev–Trinajstić information content (AvgIpc) is 3.05. The van der Waals surface area contributed by atoms with E-state index < -0.39 is 11.9 Å². The summed E-state index contributed by atoms with van der Waals surface area (Å²) >= 11 is 2.78. The first-order chi connectivity index (χ1) is 13.7. The highest BCUT2D eigenvalue weighted by Crippen LogP contribution is 2.32. The number of carbonyl (C=O) groups excluding carboxylic acids is 2. The van der Waals surface area contributed by atoms with E-state index in [0.29, 0.717) is 30.4 Å². The maximum Gasteiger partial charge on any atom is 0.325 e. The Labute approximate surface area is 168 Å². The number of nitrogens with zero attached hydrogens (tertiary/aromatic N) is 2. The fraction of sp³-hybridized carbons (Fsp3) is 0.222. The lowest BCUT2D eigenvalue weighted by molar-refractivity contribution is -0.117. The number of fused-ring (bicyclic) bond motifs is 2. The van der Waals surface area contributed by atoms with Gasteiger partial charge in [0.2, 0.25) is 5.91 Å². The first-order valence-corrected chi connectivity index (χ1v) is 10.4. The number of anilines is 1. The molecule has 1 aromatic carbocycles.